The summed E-state index contributed by atoms with van der Waals surface area (Å²) in [6.07, 6.45) is -0.550. The molecule has 4 aromatic rings. The molecule has 0 unspecified atom stereocenters. The lowest BCUT2D eigenvalue weighted by molar-refractivity contribution is -0.137. The van der Waals surface area contributed by atoms with Crippen molar-refractivity contribution >= 4 is 55.8 Å². The second-order valence-corrected chi connectivity index (χ2v) is 12.8. The second kappa shape index (κ2) is 12.1. The predicted molar refractivity (Wildman–Crippen MR) is 155 cm³/mol. The van der Waals surface area contributed by atoms with Gasteiger partial charge in [0.2, 0.25) is 11.8 Å². The molecule has 0 saturated carbocycles. The molecular weight excluding hydrogens is 613 g/mol. The number of urea groups is 1. The van der Waals surface area contributed by atoms with Gasteiger partial charge in [0, 0.05) is 37.3 Å². The number of fused-ring (bicyclic) bond motifs is 1. The number of nitrogens with zero attached hydrogens (tertiary/aromatic N) is 3. The standard InChI is InChI=1S/C27H26ClF3N6O5S/c1-26(2,43(3,40)41)24(38)32-10-12-37-11-9-21-22(37)23(34-15-33-21)42-18-7-8-20(19(28)14-18)36-25(39)35-17-6-4-5-16(13-17)27(29,30)31/h4-9,11,13-15H,10,12H2,1-3H3,(H,32,38)(H2,35,36,39). The summed E-state index contributed by atoms with van der Waals surface area (Å²) in [6.45, 7) is 3.03. The van der Waals surface area contributed by atoms with Crippen LogP contribution in [0.2, 0.25) is 5.02 Å². The van der Waals surface area contributed by atoms with Crippen molar-refractivity contribution in [2.24, 2.45) is 0 Å². The third-order valence-corrected chi connectivity index (χ3v) is 8.83. The van der Waals surface area contributed by atoms with E-state index in [4.69, 9.17) is 16.3 Å². The number of nitrogens with one attached hydrogen (secondary N) is 3. The van der Waals surface area contributed by atoms with Crippen LogP contribution in [-0.2, 0) is 27.4 Å². The highest BCUT2D eigenvalue weighted by Crippen LogP contribution is 2.33. The summed E-state index contributed by atoms with van der Waals surface area (Å²) >= 11 is 6.33. The van der Waals surface area contributed by atoms with Crippen LogP contribution in [0.15, 0.2) is 61.1 Å². The SMILES string of the molecule is CC(C)(C(=O)NCCn1ccc2ncnc(Oc3ccc(NC(=O)Nc4cccc(C(F)(F)F)c4)c(Cl)c3)c21)S(C)(=O)=O. The van der Waals surface area contributed by atoms with Crippen molar-refractivity contribution in [2.45, 2.75) is 31.3 Å². The number of amides is 3. The molecule has 0 atom stereocenters. The van der Waals surface area contributed by atoms with Gasteiger partial charge < -0.3 is 25.3 Å². The van der Waals surface area contributed by atoms with Gasteiger partial charge in [-0.15, -0.1) is 0 Å². The first kappa shape index (κ1) is 31.6. The Labute approximate surface area is 249 Å². The molecule has 0 aliphatic rings. The molecule has 228 valence electrons. The molecule has 0 aliphatic carbocycles. The summed E-state index contributed by atoms with van der Waals surface area (Å²) in [5.74, 6) is -0.215. The molecule has 0 saturated heterocycles. The molecule has 0 fully saturated rings. The molecule has 11 nitrogen and oxygen atoms in total. The summed E-state index contributed by atoms with van der Waals surface area (Å²) in [7, 11) is -3.63. The van der Waals surface area contributed by atoms with Crippen LogP contribution < -0.4 is 20.7 Å². The van der Waals surface area contributed by atoms with E-state index in [1.165, 1.54) is 50.5 Å². The highest BCUT2D eigenvalue weighted by molar-refractivity contribution is 7.92. The van der Waals surface area contributed by atoms with Crippen LogP contribution in [-0.4, -0.2) is 52.4 Å². The molecule has 2 heterocycles. The zero-order valence-corrected chi connectivity index (χ0v) is 24.6. The van der Waals surface area contributed by atoms with Gasteiger partial charge in [-0.1, -0.05) is 17.7 Å². The van der Waals surface area contributed by atoms with E-state index in [0.29, 0.717) is 11.0 Å². The Bertz CT molecular complexity index is 1790. The number of hydrogen-bond donors (Lipinski definition) is 3. The number of aromatic nitrogens is 3. The minimum absolute atomic E-state index is 0.0575. The fourth-order valence-corrected chi connectivity index (χ4v) is 4.39. The van der Waals surface area contributed by atoms with Crippen LogP contribution in [0.25, 0.3) is 11.0 Å². The average molecular weight is 639 g/mol. The van der Waals surface area contributed by atoms with Crippen LogP contribution in [0.3, 0.4) is 0 Å². The van der Waals surface area contributed by atoms with Gasteiger partial charge in [0.1, 0.15) is 22.3 Å². The van der Waals surface area contributed by atoms with Crippen molar-refractivity contribution in [1.29, 1.82) is 0 Å². The maximum atomic E-state index is 12.9. The van der Waals surface area contributed by atoms with E-state index in [1.807, 2.05) is 0 Å². The van der Waals surface area contributed by atoms with Gasteiger partial charge in [0.05, 0.1) is 21.8 Å². The Hall–Kier alpha value is -4.37. The number of hydrogen-bond acceptors (Lipinski definition) is 7. The maximum Gasteiger partial charge on any atom is 0.416 e. The molecule has 43 heavy (non-hydrogen) atoms. The molecule has 0 bridgehead atoms. The number of carbonyl (C=O) groups excluding carboxylic acids is 2. The summed E-state index contributed by atoms with van der Waals surface area (Å²) < 4.78 is 68.8. The Balaban J connectivity index is 1.44. The van der Waals surface area contributed by atoms with E-state index in [-0.39, 0.29) is 41.1 Å². The first-order valence-corrected chi connectivity index (χ1v) is 14.8. The molecule has 0 radical (unpaired) electrons. The predicted octanol–water partition coefficient (Wildman–Crippen LogP) is 5.48. The van der Waals surface area contributed by atoms with Crippen LogP contribution in [0.1, 0.15) is 19.4 Å². The molecule has 2 aromatic heterocycles. The monoisotopic (exact) mass is 638 g/mol. The van der Waals surface area contributed by atoms with Crippen molar-refractivity contribution < 1.29 is 35.9 Å². The summed E-state index contributed by atoms with van der Waals surface area (Å²) in [4.78, 5) is 33.2. The fourth-order valence-electron chi connectivity index (χ4n) is 3.76. The molecule has 0 aliphatic heterocycles. The van der Waals surface area contributed by atoms with Crippen molar-refractivity contribution in [3.8, 4) is 11.6 Å². The summed E-state index contributed by atoms with van der Waals surface area (Å²) in [5, 5.41) is 7.51. The Morgan fingerprint density at radius 3 is 2.47 bits per heavy atom. The van der Waals surface area contributed by atoms with Crippen molar-refractivity contribution in [3.63, 3.8) is 0 Å². The molecule has 16 heteroatoms. The quantitative estimate of drug-likeness (QED) is 0.220. The van der Waals surface area contributed by atoms with Crippen molar-refractivity contribution in [2.75, 3.05) is 23.4 Å². The second-order valence-electron chi connectivity index (χ2n) is 9.86. The number of sulfone groups is 1. The number of ether oxygens (including phenoxy) is 1. The van der Waals surface area contributed by atoms with Crippen LogP contribution in [0, 0.1) is 0 Å². The van der Waals surface area contributed by atoms with Crippen LogP contribution in [0.5, 0.6) is 11.6 Å². The van der Waals surface area contributed by atoms with E-state index in [2.05, 4.69) is 25.9 Å². The highest BCUT2D eigenvalue weighted by Gasteiger charge is 2.38. The van der Waals surface area contributed by atoms with Gasteiger partial charge >= 0.3 is 12.2 Å². The molecule has 3 N–H and O–H groups in total. The Kier molecular flexibility index (Phi) is 8.87. The minimum Gasteiger partial charge on any atom is -0.437 e. The Morgan fingerprint density at radius 2 is 1.79 bits per heavy atom. The lowest BCUT2D eigenvalue weighted by Crippen LogP contribution is -2.48. The van der Waals surface area contributed by atoms with Gasteiger partial charge in [-0.2, -0.15) is 18.2 Å². The van der Waals surface area contributed by atoms with Gasteiger partial charge in [-0.25, -0.2) is 18.2 Å². The van der Waals surface area contributed by atoms with Crippen LogP contribution >= 0.6 is 11.6 Å². The van der Waals surface area contributed by atoms with Gasteiger partial charge in [0.15, 0.2) is 9.84 Å². The lowest BCUT2D eigenvalue weighted by Gasteiger charge is -2.21. The van der Waals surface area contributed by atoms with E-state index in [9.17, 15) is 31.2 Å². The minimum atomic E-state index is -4.56. The van der Waals surface area contributed by atoms with Gasteiger partial charge in [0.25, 0.3) is 0 Å². The molecule has 4 rings (SSSR count). The number of benzene rings is 2. The van der Waals surface area contributed by atoms with Gasteiger partial charge in [-0.05, 0) is 50.2 Å². The van der Waals surface area contributed by atoms with Crippen molar-refractivity contribution in [3.05, 3.63) is 71.6 Å². The highest BCUT2D eigenvalue weighted by atomic mass is 35.5. The molecule has 0 spiro atoms. The third-order valence-electron chi connectivity index (χ3n) is 6.48. The largest absolute Gasteiger partial charge is 0.437 e. The average Bonchev–Trinajstić information content (AvgIpc) is 3.33. The summed E-state index contributed by atoms with van der Waals surface area (Å²) in [6, 6.07) is 9.45. The zero-order valence-electron chi connectivity index (χ0n) is 23.0. The third kappa shape index (κ3) is 7.35. The number of alkyl halides is 3. The van der Waals surface area contributed by atoms with E-state index < -0.39 is 38.3 Å². The fraction of sp³-hybridized carbons (Fsp3) is 0.259. The number of halogens is 4. The topological polar surface area (TPSA) is 144 Å². The first-order chi connectivity index (χ1) is 20.1. The lowest BCUT2D eigenvalue weighted by atomic mass is 10.2. The number of carbonyl (C=O) groups is 2. The smallest absolute Gasteiger partial charge is 0.416 e. The van der Waals surface area contributed by atoms with Crippen LogP contribution in [0.4, 0.5) is 29.3 Å². The molecule has 3 amide bonds. The van der Waals surface area contributed by atoms with E-state index in [1.54, 1.807) is 16.8 Å². The molecule has 2 aromatic carbocycles. The van der Waals surface area contributed by atoms with E-state index >= 15 is 0 Å². The molecular formula is C27H26ClF3N6O5S. The van der Waals surface area contributed by atoms with Crippen molar-refractivity contribution in [1.82, 2.24) is 19.9 Å². The first-order valence-electron chi connectivity index (χ1n) is 12.6. The number of rotatable bonds is 9. The van der Waals surface area contributed by atoms with E-state index in [0.717, 1.165) is 18.4 Å². The zero-order chi connectivity index (χ0) is 31.6. The number of anilines is 2. The summed E-state index contributed by atoms with van der Waals surface area (Å²) in [5.41, 5.74) is 0.247. The van der Waals surface area contributed by atoms with Gasteiger partial charge in [-0.3, -0.25) is 4.79 Å². The normalized spacial score (nSPS) is 12.2. The Morgan fingerprint density at radius 1 is 1.05 bits per heavy atom. The maximum absolute atomic E-state index is 12.9.